The van der Waals surface area contributed by atoms with Crippen LogP contribution in [0.4, 0.5) is 0 Å². The summed E-state index contributed by atoms with van der Waals surface area (Å²) in [4.78, 5) is 8.94. The Morgan fingerprint density at radius 1 is 1.82 bits per heavy atom. The number of hydrogen-bond donors (Lipinski definition) is 2. The SMILES string of the molecule is C=C[C@H](O)CP(=O)(O)OCC. The van der Waals surface area contributed by atoms with Gasteiger partial charge in [0.2, 0.25) is 0 Å². The summed E-state index contributed by atoms with van der Waals surface area (Å²) < 4.78 is 15.4. The summed E-state index contributed by atoms with van der Waals surface area (Å²) in [5, 5.41) is 8.89. The minimum atomic E-state index is -3.59. The largest absolute Gasteiger partial charge is 0.388 e. The molecule has 0 aliphatic heterocycles. The van der Waals surface area contributed by atoms with Gasteiger partial charge in [0, 0.05) is 0 Å². The van der Waals surface area contributed by atoms with Crippen LogP contribution in [0, 0.1) is 0 Å². The van der Waals surface area contributed by atoms with Crippen molar-refractivity contribution in [2.24, 2.45) is 0 Å². The summed E-state index contributed by atoms with van der Waals surface area (Å²) in [6.45, 7) is 5.05. The second-order valence-corrected chi connectivity index (χ2v) is 3.94. The van der Waals surface area contributed by atoms with Gasteiger partial charge in [-0.15, -0.1) is 6.58 Å². The lowest BCUT2D eigenvalue weighted by Crippen LogP contribution is -2.10. The lowest BCUT2D eigenvalue weighted by Gasteiger charge is -2.11. The van der Waals surface area contributed by atoms with Crippen molar-refractivity contribution in [2.75, 3.05) is 12.8 Å². The normalized spacial score (nSPS) is 18.8. The van der Waals surface area contributed by atoms with E-state index < -0.39 is 13.7 Å². The summed E-state index contributed by atoms with van der Waals surface area (Å²) in [6.07, 6.45) is -0.0657. The molecule has 0 aliphatic carbocycles. The van der Waals surface area contributed by atoms with Crippen LogP contribution in [-0.2, 0) is 9.09 Å². The van der Waals surface area contributed by atoms with Gasteiger partial charge in [0.1, 0.15) is 0 Å². The Balaban J connectivity index is 3.90. The minimum Gasteiger partial charge on any atom is -0.388 e. The van der Waals surface area contributed by atoms with Gasteiger partial charge >= 0.3 is 7.60 Å². The van der Waals surface area contributed by atoms with Crippen LogP contribution in [0.1, 0.15) is 6.92 Å². The van der Waals surface area contributed by atoms with Gasteiger partial charge in [0.05, 0.1) is 18.9 Å². The van der Waals surface area contributed by atoms with Crippen LogP contribution in [0.15, 0.2) is 12.7 Å². The lowest BCUT2D eigenvalue weighted by molar-refractivity contribution is 0.219. The van der Waals surface area contributed by atoms with Crippen molar-refractivity contribution < 1.29 is 19.1 Å². The average molecular weight is 180 g/mol. The second kappa shape index (κ2) is 4.67. The quantitative estimate of drug-likeness (QED) is 0.484. The monoisotopic (exact) mass is 180 g/mol. The van der Waals surface area contributed by atoms with Crippen molar-refractivity contribution in [3.05, 3.63) is 12.7 Å². The first-order chi connectivity index (χ1) is 5.02. The first-order valence-electron chi connectivity index (χ1n) is 3.29. The third-order valence-electron chi connectivity index (χ3n) is 1.02. The smallest absolute Gasteiger partial charge is 0.331 e. The molecule has 0 rings (SSSR count). The van der Waals surface area contributed by atoms with Crippen molar-refractivity contribution in [1.82, 2.24) is 0 Å². The molecule has 0 saturated carbocycles. The average Bonchev–Trinajstić information content (AvgIpc) is 1.86. The van der Waals surface area contributed by atoms with E-state index in [0.29, 0.717) is 0 Å². The van der Waals surface area contributed by atoms with E-state index in [0.717, 1.165) is 0 Å². The lowest BCUT2D eigenvalue weighted by atomic mass is 10.4. The highest BCUT2D eigenvalue weighted by Crippen LogP contribution is 2.42. The highest BCUT2D eigenvalue weighted by atomic mass is 31.2. The fraction of sp³-hybridized carbons (Fsp3) is 0.667. The Kier molecular flexibility index (Phi) is 4.61. The molecule has 0 aliphatic rings. The molecule has 2 N–H and O–H groups in total. The van der Waals surface area contributed by atoms with Crippen molar-refractivity contribution in [1.29, 1.82) is 0 Å². The standard InChI is InChI=1S/C6H13O4P/c1-3-6(7)5-11(8,9)10-4-2/h3,6-7H,1,4-5H2,2H3,(H,8,9)/t6-/m0/s1. The van der Waals surface area contributed by atoms with Crippen LogP contribution in [0.2, 0.25) is 0 Å². The van der Waals surface area contributed by atoms with E-state index in [-0.39, 0.29) is 12.8 Å². The van der Waals surface area contributed by atoms with E-state index in [9.17, 15) is 4.57 Å². The first kappa shape index (κ1) is 10.8. The molecule has 11 heavy (non-hydrogen) atoms. The molecule has 0 aromatic carbocycles. The molecular weight excluding hydrogens is 167 g/mol. The maximum absolute atomic E-state index is 10.9. The molecule has 0 bridgehead atoms. The Labute approximate surface area is 66.0 Å². The highest BCUT2D eigenvalue weighted by molar-refractivity contribution is 7.52. The highest BCUT2D eigenvalue weighted by Gasteiger charge is 2.21. The zero-order valence-electron chi connectivity index (χ0n) is 6.43. The molecule has 0 amide bonds. The summed E-state index contributed by atoms with van der Waals surface area (Å²) >= 11 is 0. The van der Waals surface area contributed by atoms with E-state index in [2.05, 4.69) is 11.1 Å². The van der Waals surface area contributed by atoms with Gasteiger partial charge in [-0.05, 0) is 6.92 Å². The van der Waals surface area contributed by atoms with Crippen molar-refractivity contribution in [3.8, 4) is 0 Å². The molecule has 0 saturated heterocycles. The van der Waals surface area contributed by atoms with Crippen molar-refractivity contribution >= 4 is 7.60 Å². The van der Waals surface area contributed by atoms with Crippen LogP contribution in [0.3, 0.4) is 0 Å². The second-order valence-electron chi connectivity index (χ2n) is 2.04. The molecule has 0 radical (unpaired) electrons. The van der Waals surface area contributed by atoms with Crippen LogP contribution in [-0.4, -0.2) is 28.9 Å². The van der Waals surface area contributed by atoms with Gasteiger partial charge in [-0.2, -0.15) is 0 Å². The van der Waals surface area contributed by atoms with Gasteiger partial charge in [-0.3, -0.25) is 4.57 Å². The van der Waals surface area contributed by atoms with Gasteiger partial charge in [-0.1, -0.05) is 6.08 Å². The molecule has 0 fully saturated rings. The van der Waals surface area contributed by atoms with Crippen molar-refractivity contribution in [3.63, 3.8) is 0 Å². The maximum atomic E-state index is 10.9. The number of rotatable bonds is 5. The summed E-state index contributed by atoms with van der Waals surface area (Å²) in [5.74, 6) is 0. The molecule has 5 heteroatoms. The topological polar surface area (TPSA) is 66.8 Å². The fourth-order valence-corrected chi connectivity index (χ4v) is 1.70. The minimum absolute atomic E-state index is 0.164. The predicted octanol–water partition coefficient (Wildman–Crippen LogP) is 0.755. The van der Waals surface area contributed by atoms with Crippen LogP contribution in [0.5, 0.6) is 0 Å². The third-order valence-corrected chi connectivity index (χ3v) is 2.52. The summed E-state index contributed by atoms with van der Waals surface area (Å²) in [5.41, 5.74) is 0. The molecule has 0 heterocycles. The van der Waals surface area contributed by atoms with Crippen molar-refractivity contribution in [2.45, 2.75) is 13.0 Å². The van der Waals surface area contributed by atoms with E-state index in [4.69, 9.17) is 10.00 Å². The van der Waals surface area contributed by atoms with Gasteiger partial charge in [0.15, 0.2) is 0 Å². The Bertz CT molecular complexity index is 168. The van der Waals surface area contributed by atoms with Gasteiger partial charge in [-0.25, -0.2) is 0 Å². The van der Waals surface area contributed by atoms with Gasteiger partial charge in [0.25, 0.3) is 0 Å². The molecule has 66 valence electrons. The Morgan fingerprint density at radius 3 is 2.73 bits per heavy atom. The Hall–Kier alpha value is -0.150. The summed E-state index contributed by atoms with van der Waals surface area (Å²) in [7, 11) is -3.59. The number of aliphatic hydroxyl groups is 1. The van der Waals surface area contributed by atoms with E-state index in [1.54, 1.807) is 6.92 Å². The summed E-state index contributed by atoms with van der Waals surface area (Å²) in [6, 6.07) is 0. The third kappa shape index (κ3) is 5.16. The number of aliphatic hydroxyl groups excluding tert-OH is 1. The maximum Gasteiger partial charge on any atom is 0.331 e. The molecule has 2 atom stereocenters. The van der Waals surface area contributed by atoms with Crippen LogP contribution >= 0.6 is 7.60 Å². The predicted molar refractivity (Wildman–Crippen MR) is 42.5 cm³/mol. The molecular formula is C6H13O4P. The zero-order chi connectivity index (χ0) is 8.91. The molecule has 1 unspecified atom stereocenters. The van der Waals surface area contributed by atoms with Crippen LogP contribution < -0.4 is 0 Å². The molecule has 0 aromatic rings. The fourth-order valence-electron chi connectivity index (χ4n) is 0.565. The van der Waals surface area contributed by atoms with E-state index >= 15 is 0 Å². The van der Waals surface area contributed by atoms with E-state index in [1.807, 2.05) is 0 Å². The molecule has 0 aromatic heterocycles. The Morgan fingerprint density at radius 2 is 2.36 bits per heavy atom. The van der Waals surface area contributed by atoms with Gasteiger partial charge < -0.3 is 14.5 Å². The van der Waals surface area contributed by atoms with Crippen LogP contribution in [0.25, 0.3) is 0 Å². The zero-order valence-corrected chi connectivity index (χ0v) is 7.33. The molecule has 4 nitrogen and oxygen atoms in total. The van der Waals surface area contributed by atoms with E-state index in [1.165, 1.54) is 6.08 Å². The number of hydrogen-bond acceptors (Lipinski definition) is 3. The first-order valence-corrected chi connectivity index (χ1v) is 5.05. The molecule has 0 spiro atoms.